The molecule has 0 radical (unpaired) electrons. The van der Waals surface area contributed by atoms with E-state index in [4.69, 9.17) is 0 Å². The highest BCUT2D eigenvalue weighted by Gasteiger charge is 2.98. The zero-order valence-corrected chi connectivity index (χ0v) is 13.8. The molecule has 0 saturated heterocycles. The maximum atomic E-state index is 13.2. The molecule has 0 aromatic carbocycles. The molecule has 1 nitrogen and oxygen atoms in total. The van der Waals surface area contributed by atoms with Crippen molar-refractivity contribution in [2.24, 2.45) is 0 Å². The van der Waals surface area contributed by atoms with Crippen molar-refractivity contribution in [1.82, 2.24) is 5.54 Å². The van der Waals surface area contributed by atoms with Crippen LogP contribution >= 0.6 is 0 Å². The normalized spacial score (nSPS) is 16.9. The Morgan fingerprint density at radius 3 is 0.636 bits per heavy atom. The minimum atomic E-state index is -9.24. The van der Waals surface area contributed by atoms with E-state index in [1.54, 1.807) is 0 Å². The Bertz CT molecular complexity index is 713. The molecule has 0 amide bonds. The van der Waals surface area contributed by atoms with E-state index in [1.807, 2.05) is 0 Å². The highest BCUT2D eigenvalue weighted by atomic mass is 19.4. The average Bonchev–Trinajstić information content (AvgIpc) is 2.59. The van der Waals surface area contributed by atoms with Gasteiger partial charge in [0, 0.05) is 0 Å². The van der Waals surface area contributed by atoms with Crippen LogP contribution in [-0.2, 0) is 0 Å². The lowest BCUT2D eigenvalue weighted by Crippen LogP contribution is -2.77. The lowest BCUT2D eigenvalue weighted by molar-refractivity contribution is -0.475. The van der Waals surface area contributed by atoms with Crippen molar-refractivity contribution in [2.45, 2.75) is 59.6 Å². The summed E-state index contributed by atoms with van der Waals surface area (Å²) in [4.78, 5) is 0. The third-order valence-electron chi connectivity index (χ3n) is 3.63. The number of halogens is 22. The number of alkyl halides is 21. The van der Waals surface area contributed by atoms with E-state index in [0.717, 1.165) is 0 Å². The van der Waals surface area contributed by atoms with Gasteiger partial charge in [0.2, 0.25) is 0 Å². The first-order valence-electron chi connectivity index (χ1n) is 6.66. The molecule has 0 atom stereocenters. The first-order chi connectivity index (χ1) is 13.8. The smallest absolute Gasteiger partial charge is 0.192 e. The van der Waals surface area contributed by atoms with Crippen LogP contribution in [0, 0.1) is 0 Å². The molecule has 0 heterocycles. The fourth-order valence-corrected chi connectivity index (χ4v) is 1.62. The fourth-order valence-electron chi connectivity index (χ4n) is 1.62. The van der Waals surface area contributed by atoms with Gasteiger partial charge in [-0.15, -0.1) is 4.48 Å². The van der Waals surface area contributed by atoms with Gasteiger partial charge in [0.05, 0.1) is 0 Å². The first-order valence-corrected chi connectivity index (χ1v) is 6.66. The molecule has 0 aliphatic carbocycles. The molecule has 0 fully saturated rings. The molecule has 0 aromatic rings. The van der Waals surface area contributed by atoms with Crippen molar-refractivity contribution >= 4 is 0 Å². The predicted molar refractivity (Wildman–Crippen MR) is 54.8 cm³/mol. The quantitative estimate of drug-likeness (QED) is 0.191. The summed E-state index contributed by atoms with van der Waals surface area (Å²) < 4.78 is 279. The summed E-state index contributed by atoms with van der Waals surface area (Å²) in [6, 6.07) is -7.40. The van der Waals surface area contributed by atoms with E-state index in [9.17, 15) is 96.7 Å². The van der Waals surface area contributed by atoms with Crippen molar-refractivity contribution in [2.75, 3.05) is 0 Å². The third kappa shape index (κ3) is 3.62. The molecule has 0 saturated carbocycles. The second kappa shape index (κ2) is 7.46. The van der Waals surface area contributed by atoms with Crippen LogP contribution in [0.2, 0.25) is 0 Å². The molecule has 0 aliphatic rings. The highest BCUT2D eigenvalue weighted by Crippen LogP contribution is 2.66. The van der Waals surface area contributed by atoms with Gasteiger partial charge in [-0.25, -0.2) is 0 Å². The van der Waals surface area contributed by atoms with Gasteiger partial charge in [-0.05, 0) is 0 Å². The second-order valence-electron chi connectivity index (χ2n) is 5.76. The molecular formula is C10HF22N. The summed E-state index contributed by atoms with van der Waals surface area (Å²) in [6.07, 6.45) is -8.03. The van der Waals surface area contributed by atoms with Gasteiger partial charge in [0.1, 0.15) is 0 Å². The van der Waals surface area contributed by atoms with E-state index < -0.39 is 65.1 Å². The van der Waals surface area contributed by atoms with Crippen LogP contribution in [-0.4, -0.2) is 59.6 Å². The van der Waals surface area contributed by atoms with Gasteiger partial charge < -0.3 is 0 Å². The summed E-state index contributed by atoms with van der Waals surface area (Å²) in [5.41, 5.74) is -1.68. The maximum Gasteiger partial charge on any atom is 0.460 e. The van der Waals surface area contributed by atoms with Crippen LogP contribution in [0.5, 0.6) is 0 Å². The van der Waals surface area contributed by atoms with E-state index in [-0.39, 0.29) is 0 Å². The summed E-state index contributed by atoms with van der Waals surface area (Å²) >= 11 is 0. The van der Waals surface area contributed by atoms with Crippen molar-refractivity contribution in [1.29, 1.82) is 0 Å². The van der Waals surface area contributed by atoms with E-state index >= 15 is 0 Å². The van der Waals surface area contributed by atoms with Crippen LogP contribution in [0.1, 0.15) is 0 Å². The Balaban J connectivity index is 7.03. The molecule has 33 heavy (non-hydrogen) atoms. The van der Waals surface area contributed by atoms with Crippen LogP contribution in [0.15, 0.2) is 0 Å². The molecule has 1 N–H and O–H groups in total. The van der Waals surface area contributed by atoms with Crippen LogP contribution in [0.4, 0.5) is 96.7 Å². The topological polar surface area (TPSA) is 12.0 Å². The van der Waals surface area contributed by atoms with E-state index in [1.165, 1.54) is 0 Å². The molecule has 0 spiro atoms. The van der Waals surface area contributed by atoms with E-state index in [2.05, 4.69) is 0 Å². The van der Waals surface area contributed by atoms with Gasteiger partial charge in [-0.2, -0.15) is 92.2 Å². The standard InChI is InChI=1S/C10HF22N/c11-1(12,3(15,16)5(19,20)7(23,24)9(27,28)29)2(13,14)4(17,18)6(21,22)8(25,26)10(30,31)33-32/h33H. The summed E-state index contributed by atoms with van der Waals surface area (Å²) in [7, 11) is 0. The Hall–Kier alpha value is -1.58. The summed E-state index contributed by atoms with van der Waals surface area (Å²) in [5, 5.41) is 0. The van der Waals surface area contributed by atoms with Crippen molar-refractivity contribution < 1.29 is 96.7 Å². The third-order valence-corrected chi connectivity index (χ3v) is 3.63. The molecule has 200 valence electrons. The monoisotopic (exact) mass is 553 g/mol. The molecule has 0 bridgehead atoms. The second-order valence-corrected chi connectivity index (χ2v) is 5.76. The van der Waals surface area contributed by atoms with Gasteiger partial charge in [0.25, 0.3) is 0 Å². The van der Waals surface area contributed by atoms with Crippen LogP contribution in [0.3, 0.4) is 0 Å². The first kappa shape index (κ1) is 31.4. The largest absolute Gasteiger partial charge is 0.460 e. The Labute approximate surface area is 163 Å². The van der Waals surface area contributed by atoms with Gasteiger partial charge >= 0.3 is 59.6 Å². The van der Waals surface area contributed by atoms with Crippen molar-refractivity contribution in [3.63, 3.8) is 0 Å². The van der Waals surface area contributed by atoms with Crippen LogP contribution < -0.4 is 5.54 Å². The van der Waals surface area contributed by atoms with Crippen molar-refractivity contribution in [3.05, 3.63) is 0 Å². The minimum Gasteiger partial charge on any atom is -0.192 e. The minimum absolute atomic E-state index is 1.68. The Morgan fingerprint density at radius 1 is 0.273 bits per heavy atom. The Morgan fingerprint density at radius 2 is 0.455 bits per heavy atom. The molecule has 0 aromatic heterocycles. The molecule has 23 heteroatoms. The molecule has 0 aliphatic heterocycles. The molecule has 0 unspecified atom stereocenters. The predicted octanol–water partition coefficient (Wildman–Crippen LogP) is 6.70. The lowest BCUT2D eigenvalue weighted by Gasteiger charge is -2.44. The van der Waals surface area contributed by atoms with Crippen LogP contribution in [0.25, 0.3) is 0 Å². The SMILES string of the molecule is FNC(F)(F)C(F)(F)C(F)(F)C(F)(F)C(F)(F)C(F)(F)C(F)(F)C(F)(F)C(F)(F)C(F)(F)F. The number of hydrogen-bond acceptors (Lipinski definition) is 1. The maximum absolute atomic E-state index is 13.2. The van der Waals surface area contributed by atoms with Gasteiger partial charge in [-0.3, -0.25) is 0 Å². The van der Waals surface area contributed by atoms with Gasteiger partial charge in [-0.1, -0.05) is 5.54 Å². The average molecular weight is 553 g/mol. The number of hydrogen-bond donors (Lipinski definition) is 1. The molecular weight excluding hydrogens is 552 g/mol. The van der Waals surface area contributed by atoms with Crippen molar-refractivity contribution in [3.8, 4) is 0 Å². The van der Waals surface area contributed by atoms with Gasteiger partial charge in [0.15, 0.2) is 0 Å². The zero-order valence-electron chi connectivity index (χ0n) is 13.8. The zero-order chi connectivity index (χ0) is 27.7. The highest BCUT2D eigenvalue weighted by molar-refractivity contribution is 5.17. The summed E-state index contributed by atoms with van der Waals surface area (Å²) in [5.74, 6) is -71.2. The number of rotatable bonds is 9. The summed E-state index contributed by atoms with van der Waals surface area (Å²) in [6.45, 7) is 0. The molecule has 0 rings (SSSR count). The number of nitrogens with one attached hydrogen (secondary N) is 1. The Kier molecular flexibility index (Phi) is 7.10. The fraction of sp³-hybridized carbons (Fsp3) is 1.00. The van der Waals surface area contributed by atoms with E-state index in [0.29, 0.717) is 0 Å². The lowest BCUT2D eigenvalue weighted by atomic mass is 9.87.